The van der Waals surface area contributed by atoms with Crippen molar-refractivity contribution in [1.29, 1.82) is 0 Å². The lowest BCUT2D eigenvalue weighted by Gasteiger charge is -2.12. The average Bonchev–Trinajstić information content (AvgIpc) is 2.68. The molecule has 0 aliphatic carbocycles. The molecule has 28 heavy (non-hydrogen) atoms. The number of halogens is 1. The molecule has 0 aliphatic heterocycles. The summed E-state index contributed by atoms with van der Waals surface area (Å²) in [5, 5.41) is 6.66. The van der Waals surface area contributed by atoms with Gasteiger partial charge in [0.15, 0.2) is 18.1 Å². The number of hydrogen-bond acceptors (Lipinski definition) is 6. The van der Waals surface area contributed by atoms with Crippen LogP contribution in [0.2, 0.25) is 0 Å². The highest BCUT2D eigenvalue weighted by molar-refractivity contribution is 14.1. The van der Waals surface area contributed by atoms with E-state index in [2.05, 4.69) is 43.2 Å². The molecule has 2 aromatic rings. The third-order valence-electron chi connectivity index (χ3n) is 3.59. The van der Waals surface area contributed by atoms with Crippen LogP contribution in [-0.4, -0.2) is 39.0 Å². The first-order valence-corrected chi connectivity index (χ1v) is 9.25. The van der Waals surface area contributed by atoms with Crippen LogP contribution in [0, 0.1) is 10.5 Å². The van der Waals surface area contributed by atoms with E-state index in [9.17, 15) is 9.59 Å². The predicted molar refractivity (Wildman–Crippen MR) is 114 cm³/mol. The number of hydrazone groups is 1. The van der Waals surface area contributed by atoms with E-state index in [1.165, 1.54) is 20.4 Å². The molecule has 2 amide bonds. The Morgan fingerprint density at radius 3 is 2.64 bits per heavy atom. The highest BCUT2D eigenvalue weighted by Crippen LogP contribution is 2.33. The molecule has 8 nitrogen and oxygen atoms in total. The number of nitrogens with one attached hydrogen (secondary N) is 2. The van der Waals surface area contributed by atoms with Gasteiger partial charge in [-0.05, 0) is 58.8 Å². The Hall–Kier alpha value is -2.82. The maximum atomic E-state index is 12.0. The van der Waals surface area contributed by atoms with Crippen LogP contribution in [0.5, 0.6) is 11.5 Å². The van der Waals surface area contributed by atoms with Gasteiger partial charge in [-0.15, -0.1) is 0 Å². The van der Waals surface area contributed by atoms with E-state index in [1.807, 2.05) is 25.1 Å². The van der Waals surface area contributed by atoms with E-state index >= 15 is 0 Å². The third kappa shape index (κ3) is 6.12. The summed E-state index contributed by atoms with van der Waals surface area (Å²) in [5.41, 5.74) is 4.75. The lowest BCUT2D eigenvalue weighted by molar-refractivity contribution is -0.142. The molecule has 0 atom stereocenters. The molecular weight excluding hydrogens is 477 g/mol. The number of carbonyl (C=O) groups excluding carboxylic acids is 2. The van der Waals surface area contributed by atoms with Crippen molar-refractivity contribution >= 4 is 46.5 Å². The van der Waals surface area contributed by atoms with Gasteiger partial charge in [0.1, 0.15) is 0 Å². The van der Waals surface area contributed by atoms with Crippen molar-refractivity contribution in [3.63, 3.8) is 0 Å². The average molecular weight is 497 g/mol. The maximum Gasteiger partial charge on any atom is 0.343 e. The van der Waals surface area contributed by atoms with Gasteiger partial charge in [0, 0.05) is 5.69 Å². The Morgan fingerprint density at radius 2 is 1.96 bits per heavy atom. The minimum atomic E-state index is -0.493. The SMILES string of the molecule is COC(=O)COc1c(I)cc(C=NNC(=O)Nc2ccccc2C)cc1OC. The zero-order chi connectivity index (χ0) is 20.5. The van der Waals surface area contributed by atoms with Gasteiger partial charge in [0.05, 0.1) is 24.0 Å². The van der Waals surface area contributed by atoms with Crippen molar-refractivity contribution in [3.05, 3.63) is 51.1 Å². The molecule has 0 fully saturated rings. The number of rotatable bonds is 7. The van der Waals surface area contributed by atoms with Gasteiger partial charge in [-0.25, -0.2) is 15.0 Å². The molecule has 2 rings (SSSR count). The molecule has 148 valence electrons. The summed E-state index contributed by atoms with van der Waals surface area (Å²) in [6.07, 6.45) is 1.48. The van der Waals surface area contributed by atoms with Crippen LogP contribution in [0.15, 0.2) is 41.5 Å². The van der Waals surface area contributed by atoms with E-state index in [1.54, 1.807) is 18.2 Å². The minimum Gasteiger partial charge on any atom is -0.493 e. The van der Waals surface area contributed by atoms with Crippen LogP contribution in [0.4, 0.5) is 10.5 Å². The van der Waals surface area contributed by atoms with Crippen molar-refractivity contribution in [2.75, 3.05) is 26.1 Å². The highest BCUT2D eigenvalue weighted by atomic mass is 127. The first-order valence-electron chi connectivity index (χ1n) is 8.17. The summed E-state index contributed by atoms with van der Waals surface area (Å²) in [5.74, 6) is 0.366. The fraction of sp³-hybridized carbons (Fsp3) is 0.211. The lowest BCUT2D eigenvalue weighted by atomic mass is 10.2. The molecular formula is C19H20IN3O5. The number of ether oxygens (including phenoxy) is 3. The molecule has 0 saturated heterocycles. The summed E-state index contributed by atoms with van der Waals surface area (Å²) in [6, 6.07) is 10.4. The number of nitrogens with zero attached hydrogens (tertiary/aromatic N) is 1. The Labute approximate surface area is 176 Å². The summed E-state index contributed by atoms with van der Waals surface area (Å²) in [4.78, 5) is 23.2. The van der Waals surface area contributed by atoms with Crippen LogP contribution in [0.1, 0.15) is 11.1 Å². The molecule has 0 radical (unpaired) electrons. The van der Waals surface area contributed by atoms with E-state index in [-0.39, 0.29) is 6.61 Å². The Kier molecular flexibility index (Phi) is 8.05. The number of methoxy groups -OCH3 is 2. The number of anilines is 1. The molecule has 0 spiro atoms. The second-order valence-electron chi connectivity index (χ2n) is 5.54. The van der Waals surface area contributed by atoms with Crippen LogP contribution < -0.4 is 20.2 Å². The standard InChI is InChI=1S/C19H20IN3O5/c1-12-6-4-5-7-15(12)22-19(25)23-21-10-13-8-14(20)18(16(9-13)26-2)28-11-17(24)27-3/h4-10H,11H2,1-3H3,(H2,22,23,25). The molecule has 2 N–H and O–H groups in total. The van der Waals surface area contributed by atoms with E-state index in [4.69, 9.17) is 9.47 Å². The Bertz CT molecular complexity index is 886. The van der Waals surface area contributed by atoms with E-state index < -0.39 is 12.0 Å². The molecule has 0 aliphatic rings. The number of carbonyl (C=O) groups is 2. The fourth-order valence-electron chi connectivity index (χ4n) is 2.17. The Balaban J connectivity index is 2.03. The molecule has 0 aromatic heterocycles. The van der Waals surface area contributed by atoms with Crippen molar-refractivity contribution in [2.24, 2.45) is 5.10 Å². The van der Waals surface area contributed by atoms with Crippen LogP contribution in [0.25, 0.3) is 0 Å². The van der Waals surface area contributed by atoms with Gasteiger partial charge >= 0.3 is 12.0 Å². The minimum absolute atomic E-state index is 0.225. The van der Waals surface area contributed by atoms with Crippen LogP contribution >= 0.6 is 22.6 Å². The molecule has 0 heterocycles. The number of aryl methyl sites for hydroxylation is 1. The number of benzene rings is 2. The first kappa shape index (κ1) is 21.5. The largest absolute Gasteiger partial charge is 0.493 e. The molecule has 0 saturated carbocycles. The number of urea groups is 1. The number of para-hydroxylation sites is 1. The molecule has 0 unspecified atom stereocenters. The zero-order valence-electron chi connectivity index (χ0n) is 15.6. The summed E-state index contributed by atoms with van der Waals surface area (Å²) >= 11 is 2.06. The molecule has 0 bridgehead atoms. The van der Waals surface area contributed by atoms with Crippen molar-refractivity contribution in [3.8, 4) is 11.5 Å². The molecule has 2 aromatic carbocycles. The van der Waals surface area contributed by atoms with Gasteiger partial charge in [-0.2, -0.15) is 5.10 Å². The maximum absolute atomic E-state index is 12.0. The quantitative estimate of drug-likeness (QED) is 0.265. The van der Waals surface area contributed by atoms with Gasteiger partial charge in [-0.1, -0.05) is 18.2 Å². The second kappa shape index (κ2) is 10.5. The predicted octanol–water partition coefficient (Wildman–Crippen LogP) is 3.32. The summed E-state index contributed by atoms with van der Waals surface area (Å²) < 4.78 is 16.0. The lowest BCUT2D eigenvalue weighted by Crippen LogP contribution is -2.24. The second-order valence-corrected chi connectivity index (χ2v) is 6.70. The number of esters is 1. The van der Waals surface area contributed by atoms with Gasteiger partial charge in [0.2, 0.25) is 0 Å². The van der Waals surface area contributed by atoms with Gasteiger partial charge in [0.25, 0.3) is 0 Å². The smallest absolute Gasteiger partial charge is 0.343 e. The van der Waals surface area contributed by atoms with Crippen LogP contribution in [0.3, 0.4) is 0 Å². The van der Waals surface area contributed by atoms with Crippen molar-refractivity contribution in [2.45, 2.75) is 6.92 Å². The van der Waals surface area contributed by atoms with Crippen molar-refractivity contribution < 1.29 is 23.8 Å². The first-order chi connectivity index (χ1) is 13.4. The topological polar surface area (TPSA) is 98.3 Å². The van der Waals surface area contributed by atoms with Crippen LogP contribution in [-0.2, 0) is 9.53 Å². The van der Waals surface area contributed by atoms with E-state index in [0.29, 0.717) is 26.3 Å². The van der Waals surface area contributed by atoms with Crippen molar-refractivity contribution in [1.82, 2.24) is 5.43 Å². The summed E-state index contributed by atoms with van der Waals surface area (Å²) in [7, 11) is 2.78. The number of hydrogen-bond donors (Lipinski definition) is 2. The third-order valence-corrected chi connectivity index (χ3v) is 4.39. The van der Waals surface area contributed by atoms with Gasteiger partial charge < -0.3 is 19.5 Å². The molecule has 9 heteroatoms. The normalized spacial score (nSPS) is 10.4. The highest BCUT2D eigenvalue weighted by Gasteiger charge is 2.13. The zero-order valence-corrected chi connectivity index (χ0v) is 17.8. The Morgan fingerprint density at radius 1 is 1.21 bits per heavy atom. The van der Waals surface area contributed by atoms with E-state index in [0.717, 1.165) is 5.56 Å². The fourth-order valence-corrected chi connectivity index (χ4v) is 2.95. The van der Waals surface area contributed by atoms with Gasteiger partial charge in [-0.3, -0.25) is 0 Å². The summed E-state index contributed by atoms with van der Waals surface area (Å²) in [6.45, 7) is 1.67. The number of amides is 2. The monoisotopic (exact) mass is 497 g/mol.